The molecule has 0 spiro atoms. The number of amides is 1. The van der Waals surface area contributed by atoms with Crippen LogP contribution in [0.5, 0.6) is 0 Å². The van der Waals surface area contributed by atoms with Crippen LogP contribution in [-0.4, -0.2) is 17.8 Å². The maximum absolute atomic E-state index is 11.2. The van der Waals surface area contributed by atoms with Crippen molar-refractivity contribution in [2.24, 2.45) is 0 Å². The van der Waals surface area contributed by atoms with E-state index in [0.717, 1.165) is 0 Å². The molecule has 0 aromatic carbocycles. The highest BCUT2D eigenvalue weighted by atomic mass is 35.5. The van der Waals surface area contributed by atoms with Crippen molar-refractivity contribution in [1.29, 1.82) is 0 Å². The predicted molar refractivity (Wildman–Crippen MR) is 46.4 cm³/mol. The van der Waals surface area contributed by atoms with Crippen molar-refractivity contribution in [3.8, 4) is 0 Å². The molecule has 12 heavy (non-hydrogen) atoms. The van der Waals surface area contributed by atoms with E-state index >= 15 is 0 Å². The topological polar surface area (TPSA) is 42.2 Å². The summed E-state index contributed by atoms with van der Waals surface area (Å²) in [6.45, 7) is 1.83. The van der Waals surface area contributed by atoms with E-state index in [1.165, 1.54) is 6.26 Å². The van der Waals surface area contributed by atoms with E-state index in [9.17, 15) is 4.79 Å². The molecule has 66 valence electrons. The summed E-state index contributed by atoms with van der Waals surface area (Å²) in [6, 6.07) is 3.24. The number of carbonyl (C=O) groups excluding carboxylic acids is 1. The Morgan fingerprint density at radius 1 is 1.83 bits per heavy atom. The van der Waals surface area contributed by atoms with Crippen molar-refractivity contribution in [1.82, 2.24) is 5.32 Å². The molecule has 0 saturated heterocycles. The lowest BCUT2D eigenvalue weighted by atomic mass is 10.3. The number of hydrogen-bond donors (Lipinski definition) is 1. The van der Waals surface area contributed by atoms with Gasteiger partial charge in [0.25, 0.3) is 5.91 Å². The third-order valence-corrected chi connectivity index (χ3v) is 1.82. The van der Waals surface area contributed by atoms with Crippen LogP contribution in [0, 0.1) is 0 Å². The van der Waals surface area contributed by atoms with Crippen LogP contribution in [0.2, 0.25) is 0 Å². The molecule has 0 fully saturated rings. The van der Waals surface area contributed by atoms with Crippen molar-refractivity contribution in [3.05, 3.63) is 24.2 Å². The van der Waals surface area contributed by atoms with Gasteiger partial charge in [-0.1, -0.05) is 0 Å². The van der Waals surface area contributed by atoms with Gasteiger partial charge < -0.3 is 9.73 Å². The summed E-state index contributed by atoms with van der Waals surface area (Å²) in [6.07, 6.45) is 1.46. The number of halogens is 1. The van der Waals surface area contributed by atoms with Gasteiger partial charge in [0.15, 0.2) is 5.76 Å². The predicted octanol–water partition coefficient (Wildman–Crippen LogP) is 1.64. The average molecular weight is 188 g/mol. The van der Waals surface area contributed by atoms with Crippen LogP contribution >= 0.6 is 11.6 Å². The molecule has 1 unspecified atom stereocenters. The maximum atomic E-state index is 11.2. The molecule has 0 aliphatic carbocycles. The first-order valence-corrected chi connectivity index (χ1v) is 4.18. The first kappa shape index (κ1) is 9.13. The molecule has 1 rings (SSSR count). The van der Waals surface area contributed by atoms with Crippen LogP contribution in [0.3, 0.4) is 0 Å². The van der Waals surface area contributed by atoms with Crippen molar-refractivity contribution in [2.45, 2.75) is 13.0 Å². The highest BCUT2D eigenvalue weighted by molar-refractivity contribution is 6.18. The molecule has 1 atom stereocenters. The highest BCUT2D eigenvalue weighted by Gasteiger charge is 2.10. The zero-order valence-corrected chi connectivity index (χ0v) is 7.47. The third-order valence-electron chi connectivity index (χ3n) is 1.35. The van der Waals surface area contributed by atoms with Gasteiger partial charge in [0, 0.05) is 11.9 Å². The molecule has 1 heterocycles. The SMILES string of the molecule is CC(CCl)NC(=O)c1ccco1. The van der Waals surface area contributed by atoms with Gasteiger partial charge in [-0.05, 0) is 19.1 Å². The smallest absolute Gasteiger partial charge is 0.287 e. The molecule has 1 aromatic rings. The molecular weight excluding hydrogens is 178 g/mol. The Labute approximate surface area is 75.7 Å². The van der Waals surface area contributed by atoms with Gasteiger partial charge in [0.1, 0.15) is 0 Å². The Morgan fingerprint density at radius 2 is 2.58 bits per heavy atom. The average Bonchev–Trinajstić information content (AvgIpc) is 2.56. The lowest BCUT2D eigenvalue weighted by Gasteiger charge is -2.07. The zero-order valence-electron chi connectivity index (χ0n) is 6.71. The molecule has 0 aliphatic heterocycles. The highest BCUT2D eigenvalue weighted by Crippen LogP contribution is 2.00. The second-order valence-electron chi connectivity index (χ2n) is 2.51. The van der Waals surface area contributed by atoms with Gasteiger partial charge in [0.05, 0.1) is 6.26 Å². The summed E-state index contributed by atoms with van der Waals surface area (Å²) in [4.78, 5) is 11.2. The number of alkyl halides is 1. The molecule has 1 amide bonds. The second-order valence-corrected chi connectivity index (χ2v) is 2.81. The van der Waals surface area contributed by atoms with Gasteiger partial charge in [-0.15, -0.1) is 11.6 Å². The standard InChI is InChI=1S/C8H10ClNO2/c1-6(5-9)10-8(11)7-3-2-4-12-7/h2-4,6H,5H2,1H3,(H,10,11). The number of hydrogen-bond acceptors (Lipinski definition) is 2. The van der Waals surface area contributed by atoms with Crippen molar-refractivity contribution in [3.63, 3.8) is 0 Å². The number of furan rings is 1. The van der Waals surface area contributed by atoms with E-state index in [1.54, 1.807) is 12.1 Å². The second kappa shape index (κ2) is 4.16. The fourth-order valence-corrected chi connectivity index (χ4v) is 0.818. The Morgan fingerprint density at radius 3 is 3.08 bits per heavy atom. The Bertz CT molecular complexity index is 246. The zero-order chi connectivity index (χ0) is 8.97. The van der Waals surface area contributed by atoms with Crippen LogP contribution < -0.4 is 5.32 Å². The molecule has 1 N–H and O–H groups in total. The van der Waals surface area contributed by atoms with E-state index in [4.69, 9.17) is 16.0 Å². The van der Waals surface area contributed by atoms with Gasteiger partial charge in [-0.2, -0.15) is 0 Å². The Hall–Kier alpha value is -0.960. The largest absolute Gasteiger partial charge is 0.459 e. The molecule has 0 radical (unpaired) electrons. The van der Waals surface area contributed by atoms with Crippen LogP contribution in [0.1, 0.15) is 17.5 Å². The van der Waals surface area contributed by atoms with Crippen LogP contribution in [-0.2, 0) is 0 Å². The van der Waals surface area contributed by atoms with Crippen LogP contribution in [0.15, 0.2) is 22.8 Å². The van der Waals surface area contributed by atoms with E-state index in [1.807, 2.05) is 6.92 Å². The van der Waals surface area contributed by atoms with Gasteiger partial charge >= 0.3 is 0 Å². The minimum Gasteiger partial charge on any atom is -0.459 e. The van der Waals surface area contributed by atoms with Crippen molar-refractivity contribution < 1.29 is 9.21 Å². The van der Waals surface area contributed by atoms with E-state index in [-0.39, 0.29) is 11.9 Å². The molecular formula is C8H10ClNO2. The molecule has 0 aliphatic rings. The first-order valence-electron chi connectivity index (χ1n) is 3.64. The number of carbonyl (C=O) groups is 1. The Balaban J connectivity index is 2.50. The Kier molecular flexibility index (Phi) is 3.17. The maximum Gasteiger partial charge on any atom is 0.287 e. The van der Waals surface area contributed by atoms with E-state index in [0.29, 0.717) is 11.6 Å². The summed E-state index contributed by atoms with van der Waals surface area (Å²) in [5.74, 6) is 0.479. The summed E-state index contributed by atoms with van der Waals surface area (Å²) < 4.78 is 4.89. The summed E-state index contributed by atoms with van der Waals surface area (Å²) in [5.41, 5.74) is 0. The van der Waals surface area contributed by atoms with Gasteiger partial charge in [-0.3, -0.25) is 4.79 Å². The first-order chi connectivity index (χ1) is 5.74. The van der Waals surface area contributed by atoms with Crippen LogP contribution in [0.4, 0.5) is 0 Å². The molecule has 0 bridgehead atoms. The minimum atomic E-state index is -0.229. The van der Waals surface area contributed by atoms with Crippen molar-refractivity contribution >= 4 is 17.5 Å². The summed E-state index contributed by atoms with van der Waals surface area (Å²) in [5, 5.41) is 2.67. The van der Waals surface area contributed by atoms with Gasteiger partial charge in [-0.25, -0.2) is 0 Å². The normalized spacial score (nSPS) is 12.5. The summed E-state index contributed by atoms with van der Waals surface area (Å²) >= 11 is 5.51. The van der Waals surface area contributed by atoms with E-state index < -0.39 is 0 Å². The lowest BCUT2D eigenvalue weighted by Crippen LogP contribution is -2.33. The van der Waals surface area contributed by atoms with Gasteiger partial charge in [0.2, 0.25) is 0 Å². The molecule has 1 aromatic heterocycles. The van der Waals surface area contributed by atoms with E-state index in [2.05, 4.69) is 5.32 Å². The van der Waals surface area contributed by atoms with Crippen LogP contribution in [0.25, 0.3) is 0 Å². The number of rotatable bonds is 3. The minimum absolute atomic E-state index is 0.0377. The van der Waals surface area contributed by atoms with Crippen molar-refractivity contribution in [2.75, 3.05) is 5.88 Å². The lowest BCUT2D eigenvalue weighted by molar-refractivity contribution is 0.0915. The fourth-order valence-electron chi connectivity index (χ4n) is 0.741. The molecule has 4 heteroatoms. The third kappa shape index (κ3) is 2.27. The summed E-state index contributed by atoms with van der Waals surface area (Å²) in [7, 11) is 0. The molecule has 3 nitrogen and oxygen atoms in total. The molecule has 0 saturated carbocycles. The number of nitrogens with one attached hydrogen (secondary N) is 1. The quantitative estimate of drug-likeness (QED) is 0.731. The fraction of sp³-hybridized carbons (Fsp3) is 0.375. The monoisotopic (exact) mass is 187 g/mol.